The SMILES string of the molecule is CCN(CC)C(=S)S[S-].CCN(CC)C(=S)S[S-].CCN(CC)C(=S)S[S-].[Bi+3].[LiH].[LiH].[LiH]. The van der Waals surface area contributed by atoms with Gasteiger partial charge < -0.3 is 49.7 Å². The van der Waals surface area contributed by atoms with Gasteiger partial charge in [-0.3, -0.25) is 32.4 Å². The molecule has 0 amide bonds. The molecule has 0 aliphatic rings. The number of hydrogen-bond donors (Lipinski definition) is 0. The molecule has 0 bridgehead atoms. The topological polar surface area (TPSA) is 9.72 Å². The van der Waals surface area contributed by atoms with Crippen LogP contribution in [0.4, 0.5) is 0 Å². The van der Waals surface area contributed by atoms with E-state index in [4.69, 9.17) is 71.6 Å². The van der Waals surface area contributed by atoms with Crippen LogP contribution in [0.3, 0.4) is 0 Å². The Labute approximate surface area is 290 Å². The van der Waals surface area contributed by atoms with Crippen LogP contribution in [-0.4, -0.2) is 150 Å². The van der Waals surface area contributed by atoms with E-state index in [-0.39, 0.29) is 82.8 Å². The first kappa shape index (κ1) is 52.0. The van der Waals surface area contributed by atoms with Crippen LogP contribution in [-0.2, 0) is 35.0 Å². The third-order valence-corrected chi connectivity index (χ3v) is 8.38. The average Bonchev–Trinajstić information content (AvgIpc) is 2.71. The van der Waals surface area contributed by atoms with Gasteiger partial charge in [-0.15, -0.1) is 0 Å². The van der Waals surface area contributed by atoms with E-state index in [1.807, 2.05) is 0 Å². The van der Waals surface area contributed by atoms with Crippen molar-refractivity contribution in [2.24, 2.45) is 0 Å². The summed E-state index contributed by atoms with van der Waals surface area (Å²) in [5.41, 5.74) is 0. The van der Waals surface area contributed by atoms with E-state index in [2.05, 4.69) is 56.2 Å². The molecule has 31 heavy (non-hydrogen) atoms. The van der Waals surface area contributed by atoms with Crippen LogP contribution in [0.1, 0.15) is 41.5 Å². The van der Waals surface area contributed by atoms with Gasteiger partial charge in [-0.1, -0.05) is 36.7 Å². The molecule has 3 nitrogen and oxygen atoms in total. The normalized spacial score (nSPS) is 8.03. The molecule has 0 saturated heterocycles. The molecule has 0 atom stereocenters. The molecule has 0 spiro atoms. The van der Waals surface area contributed by atoms with E-state index in [0.717, 1.165) is 52.2 Å². The van der Waals surface area contributed by atoms with Crippen LogP contribution in [0.5, 0.6) is 0 Å². The second-order valence-corrected chi connectivity index (χ2v) is 9.66. The average molecular weight is 774 g/mol. The van der Waals surface area contributed by atoms with E-state index in [1.54, 1.807) is 0 Å². The van der Waals surface area contributed by atoms with Crippen molar-refractivity contribution in [3.05, 3.63) is 0 Å². The molecule has 2 radical (unpaired) electrons. The van der Waals surface area contributed by atoms with Crippen molar-refractivity contribution in [1.29, 1.82) is 0 Å². The number of nitrogens with zero attached hydrogens (tertiary/aromatic N) is 3. The van der Waals surface area contributed by atoms with Crippen LogP contribution in [0.2, 0.25) is 0 Å². The van der Waals surface area contributed by atoms with E-state index in [9.17, 15) is 0 Å². The monoisotopic (exact) mass is 773 g/mol. The summed E-state index contributed by atoms with van der Waals surface area (Å²) in [6, 6.07) is 0. The summed E-state index contributed by atoms with van der Waals surface area (Å²) in [5, 5.41) is 0. The van der Waals surface area contributed by atoms with Gasteiger partial charge in [-0.05, 0) is 41.5 Å². The molecule has 0 saturated carbocycles. The Morgan fingerprint density at radius 2 is 0.645 bits per heavy atom. The summed E-state index contributed by atoms with van der Waals surface area (Å²) >= 11 is 29.0. The minimum atomic E-state index is 0. The molecule has 0 aliphatic carbocycles. The van der Waals surface area contributed by atoms with Gasteiger partial charge in [0.1, 0.15) is 13.0 Å². The summed E-state index contributed by atoms with van der Waals surface area (Å²) in [7, 11) is 3.67. The molecule has 0 unspecified atom stereocenters. The van der Waals surface area contributed by atoms with E-state index in [1.165, 1.54) is 32.4 Å². The van der Waals surface area contributed by atoms with Gasteiger partial charge >= 0.3 is 82.8 Å². The molecule has 170 valence electrons. The molecular formula is C15H33BiLi3N3S9. The van der Waals surface area contributed by atoms with Crippen LogP contribution < -0.4 is 0 Å². The Kier molecular flexibility index (Phi) is 65.3. The zero-order chi connectivity index (χ0) is 21.8. The molecule has 0 heterocycles. The van der Waals surface area contributed by atoms with Gasteiger partial charge in [0.2, 0.25) is 0 Å². The predicted octanol–water partition coefficient (Wildman–Crippen LogP) is 3.10. The second-order valence-electron chi connectivity index (χ2n) is 4.56. The number of hydrogen-bond acceptors (Lipinski definition) is 9. The summed E-state index contributed by atoms with van der Waals surface area (Å²) < 4.78 is 2.44. The fourth-order valence-electron chi connectivity index (χ4n) is 1.60. The van der Waals surface area contributed by atoms with Crippen molar-refractivity contribution >= 4 is 200 Å². The zero-order valence-corrected chi connectivity index (χ0v) is 28.0. The third-order valence-electron chi connectivity index (χ3n) is 3.28. The summed E-state index contributed by atoms with van der Waals surface area (Å²) in [6.45, 7) is 18.2. The first-order chi connectivity index (χ1) is 12.8. The van der Waals surface area contributed by atoms with Gasteiger partial charge in [0.25, 0.3) is 0 Å². The van der Waals surface area contributed by atoms with Gasteiger partial charge in [-0.2, -0.15) is 0 Å². The fourth-order valence-corrected chi connectivity index (χ4v) is 4.42. The van der Waals surface area contributed by atoms with Gasteiger partial charge in [0, 0.05) is 39.3 Å². The van der Waals surface area contributed by atoms with Crippen LogP contribution in [0.25, 0.3) is 0 Å². The molecule has 0 fully saturated rings. The predicted molar refractivity (Wildman–Crippen MR) is 179 cm³/mol. The Bertz CT molecular complexity index is 348. The quantitative estimate of drug-likeness (QED) is 0.170. The summed E-state index contributed by atoms with van der Waals surface area (Å²) in [6.07, 6.45) is 0. The molecular weight excluding hydrogens is 741 g/mol. The van der Waals surface area contributed by atoms with Crippen molar-refractivity contribution in [2.75, 3.05) is 39.3 Å². The molecule has 0 rings (SSSR count). The molecule has 0 N–H and O–H groups in total. The van der Waals surface area contributed by atoms with Gasteiger partial charge in [0.05, 0.1) is 0 Å². The van der Waals surface area contributed by atoms with E-state index >= 15 is 0 Å². The Hall–Kier alpha value is 4.45. The first-order valence-electron chi connectivity index (χ1n) is 8.54. The van der Waals surface area contributed by atoms with E-state index in [0.29, 0.717) is 0 Å². The number of thiocarbonyl (C=S) groups is 3. The van der Waals surface area contributed by atoms with Crippen molar-refractivity contribution < 1.29 is 0 Å². The fraction of sp³-hybridized carbons (Fsp3) is 0.800. The van der Waals surface area contributed by atoms with Crippen molar-refractivity contribution in [1.82, 2.24) is 14.7 Å². The van der Waals surface area contributed by atoms with Crippen molar-refractivity contribution in [2.45, 2.75) is 41.5 Å². The Balaban J connectivity index is -0.0000000524. The van der Waals surface area contributed by atoms with Crippen molar-refractivity contribution in [3.63, 3.8) is 0 Å². The minimum absolute atomic E-state index is 0. The standard InChI is InChI=1S/3C5H11NS3.Bi.3Li.3H/c3*1-3-6(4-2)5(7)9-8;;;;;;;/h3*8H,3-4H2,1-2H3;;;;;;;/q;;;+3;;;;;;/p-3. The number of rotatable bonds is 6. The Morgan fingerprint density at radius 3 is 0.677 bits per heavy atom. The second kappa shape index (κ2) is 39.0. The molecule has 16 heteroatoms. The van der Waals surface area contributed by atoms with Crippen molar-refractivity contribution in [3.8, 4) is 0 Å². The van der Waals surface area contributed by atoms with Crippen LogP contribution >= 0.6 is 69.0 Å². The van der Waals surface area contributed by atoms with E-state index < -0.39 is 0 Å². The molecule has 0 aromatic heterocycles. The van der Waals surface area contributed by atoms with Crippen LogP contribution in [0, 0.1) is 0 Å². The first-order valence-corrected chi connectivity index (χ1v) is 15.0. The van der Waals surface area contributed by atoms with Gasteiger partial charge in [0.15, 0.2) is 0 Å². The van der Waals surface area contributed by atoms with Crippen LogP contribution in [0.15, 0.2) is 0 Å². The van der Waals surface area contributed by atoms with Gasteiger partial charge in [-0.25, -0.2) is 0 Å². The summed E-state index contributed by atoms with van der Waals surface area (Å²) in [4.78, 5) is 6.19. The Morgan fingerprint density at radius 1 is 0.516 bits per heavy atom. The zero-order valence-electron chi connectivity index (χ0n) is 17.2. The third kappa shape index (κ3) is 30.6. The molecule has 0 aromatic rings. The molecule has 0 aliphatic heterocycles. The molecule has 0 aromatic carbocycles. The summed E-state index contributed by atoms with van der Waals surface area (Å²) in [5.74, 6) is 0. The maximum atomic E-state index is 4.96. The maximum absolute atomic E-state index is 4.96.